The number of phenols is 1. The van der Waals surface area contributed by atoms with Gasteiger partial charge in [-0.2, -0.15) is 0 Å². The summed E-state index contributed by atoms with van der Waals surface area (Å²) in [5.41, 5.74) is 2.45. The third kappa shape index (κ3) is 7.40. The maximum absolute atomic E-state index is 13.9. The van der Waals surface area contributed by atoms with E-state index in [2.05, 4.69) is 4.90 Å². The van der Waals surface area contributed by atoms with Gasteiger partial charge >= 0.3 is 12.1 Å². The number of nitrogens with zero attached hydrogens (tertiary/aromatic N) is 3. The van der Waals surface area contributed by atoms with Gasteiger partial charge in [0.05, 0.1) is 32.0 Å². The number of phenolic OH excluding ortho intramolecular Hbond substituents is 1. The van der Waals surface area contributed by atoms with Gasteiger partial charge in [-0.1, -0.05) is 53.5 Å². The number of amides is 1. The van der Waals surface area contributed by atoms with E-state index in [1.165, 1.54) is 43.6 Å². The van der Waals surface area contributed by atoms with Crippen molar-refractivity contribution in [3.63, 3.8) is 0 Å². The average Bonchev–Trinajstić information content (AvgIpc) is 3.10. The number of piperidine rings is 3. The third-order valence-corrected chi connectivity index (χ3v) is 10.2. The summed E-state index contributed by atoms with van der Waals surface area (Å²) in [5, 5.41) is 31.6. The standard InChI is InChI=1S/C37H37Cl2N3O8/c1-48-33-10-8-24(16-34(33)49-2)26(17-28-29(38)19-41(47)20-30(28)39)27-15-22(7-9-25(27)36(44)45)18-42(31-5-3-4-6-32(31)43)37(46)50-35-21-40-13-11-23(35)12-14-40/h3-10,15-16,19-20,23,26,35H,11-14,17-18,21H2,1-2H3,(H2-,43,44,45,47)/p+1/t26-,35-/m0/s1. The lowest BCUT2D eigenvalue weighted by Crippen LogP contribution is -2.53. The number of pyridine rings is 1. The molecule has 50 heavy (non-hydrogen) atoms. The molecule has 1 aromatic heterocycles. The zero-order valence-corrected chi connectivity index (χ0v) is 29.1. The summed E-state index contributed by atoms with van der Waals surface area (Å²) in [6, 6.07) is 16.7. The number of para-hydroxylation sites is 2. The van der Waals surface area contributed by atoms with Gasteiger partial charge in [0.1, 0.15) is 21.9 Å². The first kappa shape index (κ1) is 35.1. The fourth-order valence-corrected chi connectivity index (χ4v) is 7.58. The largest absolute Gasteiger partial charge is 0.506 e. The molecule has 0 spiro atoms. The van der Waals surface area contributed by atoms with Crippen LogP contribution in [-0.4, -0.2) is 72.3 Å². The molecule has 3 aliphatic heterocycles. The van der Waals surface area contributed by atoms with Gasteiger partial charge in [0.2, 0.25) is 12.4 Å². The molecule has 7 rings (SSSR count). The molecular formula is C37H38Cl2N3O8+. The van der Waals surface area contributed by atoms with Crippen LogP contribution in [0.5, 0.6) is 17.2 Å². The number of rotatable bonds is 11. The number of carbonyl (C=O) groups excluding carboxylic acids is 1. The normalized spacial score (nSPS) is 18.7. The number of aromatic nitrogens is 1. The van der Waals surface area contributed by atoms with Crippen LogP contribution in [0.4, 0.5) is 10.5 Å². The number of carboxylic acid groups (broad SMARTS) is 1. The van der Waals surface area contributed by atoms with Crippen LogP contribution >= 0.6 is 23.2 Å². The first-order chi connectivity index (χ1) is 24.1. The molecule has 3 aromatic carbocycles. The SMILES string of the molecule is COc1ccc([C@H](Cc2c(Cl)c[n+](O)cc2Cl)c2cc(CN(C(=O)O[C@H]3CN4CCC3CC4)c3ccccc3O)ccc2C(=O)O)cc1OC. The Labute approximate surface area is 299 Å². The Bertz CT molecular complexity index is 1880. The highest BCUT2D eigenvalue weighted by Gasteiger charge is 2.38. The van der Waals surface area contributed by atoms with Crippen molar-refractivity contribution < 1.29 is 44.0 Å². The molecule has 0 saturated carbocycles. The Balaban J connectivity index is 1.43. The second kappa shape index (κ2) is 15.0. The second-order valence-electron chi connectivity index (χ2n) is 12.5. The minimum atomic E-state index is -1.16. The topological polar surface area (TPSA) is 133 Å². The van der Waals surface area contributed by atoms with Gasteiger partial charge in [-0.05, 0) is 85.3 Å². The molecule has 11 nitrogen and oxygen atoms in total. The Hall–Kier alpha value is -4.71. The summed E-state index contributed by atoms with van der Waals surface area (Å²) in [4.78, 5) is 30.4. The van der Waals surface area contributed by atoms with Gasteiger partial charge < -0.3 is 24.4 Å². The van der Waals surface area contributed by atoms with Crippen LogP contribution in [0.2, 0.25) is 10.0 Å². The zero-order valence-electron chi connectivity index (χ0n) is 27.6. The van der Waals surface area contributed by atoms with Crippen LogP contribution in [0.15, 0.2) is 73.1 Å². The lowest BCUT2D eigenvalue weighted by atomic mass is 9.82. The molecule has 1 amide bonds. The number of hydrogen-bond acceptors (Lipinski definition) is 8. The number of anilines is 1. The maximum atomic E-state index is 13.9. The van der Waals surface area contributed by atoms with E-state index >= 15 is 0 Å². The Kier molecular flexibility index (Phi) is 10.6. The van der Waals surface area contributed by atoms with Crippen LogP contribution in [0.3, 0.4) is 0 Å². The van der Waals surface area contributed by atoms with Gasteiger partial charge in [-0.25, -0.2) is 9.59 Å². The number of aromatic carboxylic acids is 1. The van der Waals surface area contributed by atoms with Crippen molar-refractivity contribution >= 4 is 41.0 Å². The first-order valence-corrected chi connectivity index (χ1v) is 17.0. The van der Waals surface area contributed by atoms with E-state index in [-0.39, 0.29) is 52.0 Å². The van der Waals surface area contributed by atoms with Crippen molar-refractivity contribution in [1.82, 2.24) is 4.90 Å². The Morgan fingerprint density at radius 2 is 1.68 bits per heavy atom. The number of benzene rings is 3. The Morgan fingerprint density at radius 1 is 0.980 bits per heavy atom. The first-order valence-electron chi connectivity index (χ1n) is 16.2. The predicted molar refractivity (Wildman–Crippen MR) is 186 cm³/mol. The van der Waals surface area contributed by atoms with Crippen LogP contribution < -0.4 is 19.1 Å². The summed E-state index contributed by atoms with van der Waals surface area (Å²) in [7, 11) is 3.03. The van der Waals surface area contributed by atoms with E-state index in [0.29, 0.717) is 40.3 Å². The lowest BCUT2D eigenvalue weighted by molar-refractivity contribution is -0.904. The van der Waals surface area contributed by atoms with Crippen molar-refractivity contribution in [3.8, 4) is 17.2 Å². The Morgan fingerprint density at radius 3 is 2.30 bits per heavy atom. The average molecular weight is 724 g/mol. The fourth-order valence-electron chi connectivity index (χ4n) is 6.97. The molecule has 3 fully saturated rings. The third-order valence-electron chi connectivity index (χ3n) is 9.59. The molecule has 2 bridgehead atoms. The van der Waals surface area contributed by atoms with E-state index in [4.69, 9.17) is 37.4 Å². The minimum absolute atomic E-state index is 0.0258. The number of hydrogen-bond donors (Lipinski definition) is 3. The molecule has 0 radical (unpaired) electrons. The molecule has 0 aliphatic carbocycles. The molecule has 3 N–H and O–H groups in total. The highest BCUT2D eigenvalue weighted by atomic mass is 35.5. The van der Waals surface area contributed by atoms with Crippen LogP contribution in [0.25, 0.3) is 0 Å². The van der Waals surface area contributed by atoms with E-state index in [1.54, 1.807) is 48.5 Å². The summed E-state index contributed by atoms with van der Waals surface area (Å²) >= 11 is 13.1. The molecule has 262 valence electrons. The lowest BCUT2D eigenvalue weighted by Gasteiger charge is -2.44. The molecule has 13 heteroatoms. The predicted octanol–water partition coefficient (Wildman–Crippen LogP) is 6.55. The van der Waals surface area contributed by atoms with Crippen molar-refractivity contribution in [1.29, 1.82) is 0 Å². The maximum Gasteiger partial charge on any atom is 0.415 e. The van der Waals surface area contributed by atoms with Crippen molar-refractivity contribution in [3.05, 3.63) is 111 Å². The smallest absolute Gasteiger partial charge is 0.415 e. The molecular weight excluding hydrogens is 685 g/mol. The number of aromatic hydroxyl groups is 1. The molecule has 4 heterocycles. The van der Waals surface area contributed by atoms with E-state index in [1.807, 2.05) is 0 Å². The summed E-state index contributed by atoms with van der Waals surface area (Å²) in [5.74, 6) is -0.714. The minimum Gasteiger partial charge on any atom is -0.506 e. The second-order valence-corrected chi connectivity index (χ2v) is 13.4. The van der Waals surface area contributed by atoms with Crippen molar-refractivity contribution in [2.75, 3.05) is 38.8 Å². The molecule has 3 aliphatic rings. The monoisotopic (exact) mass is 722 g/mol. The molecule has 3 saturated heterocycles. The quantitative estimate of drug-likeness (QED) is 0.116. The number of halogens is 2. The molecule has 0 unspecified atom stereocenters. The van der Waals surface area contributed by atoms with Crippen molar-refractivity contribution in [2.45, 2.75) is 37.8 Å². The van der Waals surface area contributed by atoms with Gasteiger partial charge in [0.25, 0.3) is 0 Å². The van der Waals surface area contributed by atoms with Gasteiger partial charge in [0, 0.05) is 22.8 Å². The van der Waals surface area contributed by atoms with Crippen LogP contribution in [0.1, 0.15) is 51.4 Å². The van der Waals surface area contributed by atoms with Gasteiger partial charge in [0.15, 0.2) is 11.5 Å². The zero-order chi connectivity index (χ0) is 35.5. The van der Waals surface area contributed by atoms with Crippen molar-refractivity contribution in [2.24, 2.45) is 5.92 Å². The fraction of sp³-hybridized carbons (Fsp3) is 0.324. The summed E-state index contributed by atoms with van der Waals surface area (Å²) in [6.07, 6.45) is 3.78. The highest BCUT2D eigenvalue weighted by Crippen LogP contribution is 2.40. The number of ether oxygens (including phenoxy) is 3. The molecule has 4 aromatic rings. The van der Waals surface area contributed by atoms with Crippen LogP contribution in [0, 0.1) is 5.92 Å². The molecule has 2 atom stereocenters. The summed E-state index contributed by atoms with van der Waals surface area (Å²) < 4.78 is 17.9. The van der Waals surface area contributed by atoms with Crippen LogP contribution in [-0.2, 0) is 17.7 Å². The van der Waals surface area contributed by atoms with Gasteiger partial charge in [-0.3, -0.25) is 15.0 Å². The van der Waals surface area contributed by atoms with Gasteiger partial charge in [-0.15, -0.1) is 0 Å². The van der Waals surface area contributed by atoms with E-state index in [0.717, 1.165) is 30.7 Å². The van der Waals surface area contributed by atoms with E-state index in [9.17, 15) is 25.0 Å². The number of carboxylic acids is 1. The van der Waals surface area contributed by atoms with E-state index < -0.39 is 18.0 Å². The highest BCUT2D eigenvalue weighted by molar-refractivity contribution is 6.35. The number of methoxy groups -OCH3 is 2. The number of carbonyl (C=O) groups is 2. The summed E-state index contributed by atoms with van der Waals surface area (Å²) in [6.45, 7) is 2.61. The number of fused-ring (bicyclic) bond motifs is 3.